The molecular formula is C15H20ClFO. The molecular weight excluding hydrogens is 251 g/mol. The third kappa shape index (κ3) is 2.64. The molecule has 1 saturated carbocycles. The number of hydrogen-bond donors (Lipinski definition) is 0. The highest BCUT2D eigenvalue weighted by Gasteiger charge is 2.36. The Morgan fingerprint density at radius 1 is 1.28 bits per heavy atom. The Balaban J connectivity index is 2.24. The summed E-state index contributed by atoms with van der Waals surface area (Å²) in [6.07, 6.45) is 5.80. The van der Waals surface area contributed by atoms with Gasteiger partial charge in [-0.1, -0.05) is 32.3 Å². The average molecular weight is 271 g/mol. The van der Waals surface area contributed by atoms with Gasteiger partial charge in [0.2, 0.25) is 0 Å². The minimum Gasteiger partial charge on any atom is -0.497 e. The number of ether oxygens (including phenoxy) is 1. The van der Waals surface area contributed by atoms with Crippen LogP contribution in [0.15, 0.2) is 18.2 Å². The molecule has 0 heterocycles. The average Bonchev–Trinajstić information content (AvgIpc) is 2.38. The zero-order chi connectivity index (χ0) is 13.2. The summed E-state index contributed by atoms with van der Waals surface area (Å²) in [5.41, 5.74) is 0.608. The Morgan fingerprint density at radius 3 is 2.50 bits per heavy atom. The molecule has 0 amide bonds. The second-order valence-corrected chi connectivity index (χ2v) is 5.90. The molecule has 1 aliphatic carbocycles. The smallest absolute Gasteiger partial charge is 0.131 e. The third-order valence-electron chi connectivity index (χ3n) is 4.09. The molecule has 3 heteroatoms. The van der Waals surface area contributed by atoms with E-state index in [-0.39, 0.29) is 16.6 Å². The molecule has 18 heavy (non-hydrogen) atoms. The maximum absolute atomic E-state index is 14.0. The van der Waals surface area contributed by atoms with Crippen molar-refractivity contribution in [1.82, 2.24) is 0 Å². The van der Waals surface area contributed by atoms with E-state index in [4.69, 9.17) is 16.3 Å². The predicted molar refractivity (Wildman–Crippen MR) is 72.7 cm³/mol. The normalized spacial score (nSPS) is 20.4. The van der Waals surface area contributed by atoms with Gasteiger partial charge in [-0.05, 0) is 24.3 Å². The first-order chi connectivity index (χ1) is 8.57. The molecule has 1 atom stereocenters. The number of rotatable bonds is 3. The van der Waals surface area contributed by atoms with Crippen molar-refractivity contribution in [2.24, 2.45) is 5.41 Å². The van der Waals surface area contributed by atoms with E-state index in [9.17, 15) is 4.39 Å². The van der Waals surface area contributed by atoms with Gasteiger partial charge < -0.3 is 4.74 Å². The summed E-state index contributed by atoms with van der Waals surface area (Å²) in [6, 6.07) is 4.95. The standard InChI is InChI=1S/C15H20ClFO/c1-15(8-4-3-5-9-15)14(16)12-7-6-11(18-2)10-13(12)17/h6-7,10,14H,3-5,8-9H2,1-2H3. The van der Waals surface area contributed by atoms with E-state index >= 15 is 0 Å². The van der Waals surface area contributed by atoms with Gasteiger partial charge in [0.05, 0.1) is 12.5 Å². The quantitative estimate of drug-likeness (QED) is 0.696. The van der Waals surface area contributed by atoms with E-state index in [0.29, 0.717) is 11.3 Å². The Labute approximate surface area is 113 Å². The number of methoxy groups -OCH3 is 1. The van der Waals surface area contributed by atoms with Gasteiger partial charge in [-0.15, -0.1) is 11.6 Å². The van der Waals surface area contributed by atoms with Crippen LogP contribution in [0.1, 0.15) is 50.0 Å². The fraction of sp³-hybridized carbons (Fsp3) is 0.600. The van der Waals surface area contributed by atoms with Crippen LogP contribution >= 0.6 is 11.6 Å². The topological polar surface area (TPSA) is 9.23 Å². The summed E-state index contributed by atoms with van der Waals surface area (Å²) in [5, 5.41) is -0.260. The maximum atomic E-state index is 14.0. The van der Waals surface area contributed by atoms with Crippen molar-refractivity contribution in [2.75, 3.05) is 7.11 Å². The van der Waals surface area contributed by atoms with Gasteiger partial charge in [0, 0.05) is 11.6 Å². The summed E-state index contributed by atoms with van der Waals surface area (Å²) in [7, 11) is 1.54. The van der Waals surface area contributed by atoms with Crippen molar-refractivity contribution < 1.29 is 9.13 Å². The molecule has 1 unspecified atom stereocenters. The lowest BCUT2D eigenvalue weighted by Crippen LogP contribution is -2.25. The Hall–Kier alpha value is -0.760. The van der Waals surface area contributed by atoms with Crippen molar-refractivity contribution in [2.45, 2.75) is 44.4 Å². The fourth-order valence-electron chi connectivity index (χ4n) is 2.83. The molecule has 2 rings (SSSR count). The van der Waals surface area contributed by atoms with Crippen molar-refractivity contribution in [3.8, 4) is 5.75 Å². The summed E-state index contributed by atoms with van der Waals surface area (Å²) in [6.45, 7) is 2.17. The van der Waals surface area contributed by atoms with E-state index in [0.717, 1.165) is 12.8 Å². The Morgan fingerprint density at radius 2 is 1.94 bits per heavy atom. The first-order valence-corrected chi connectivity index (χ1v) is 6.98. The van der Waals surface area contributed by atoms with Crippen LogP contribution in [0.4, 0.5) is 4.39 Å². The zero-order valence-corrected chi connectivity index (χ0v) is 11.8. The molecule has 0 radical (unpaired) electrons. The second kappa shape index (κ2) is 5.48. The Kier molecular flexibility index (Phi) is 4.16. The highest BCUT2D eigenvalue weighted by molar-refractivity contribution is 6.21. The predicted octanol–water partition coefficient (Wildman–Crippen LogP) is 5.08. The van der Waals surface area contributed by atoms with Gasteiger partial charge in [-0.2, -0.15) is 0 Å². The molecule has 1 aliphatic rings. The summed E-state index contributed by atoms with van der Waals surface area (Å²) in [5.74, 6) is 0.273. The molecule has 0 bridgehead atoms. The largest absolute Gasteiger partial charge is 0.497 e. The van der Waals surface area contributed by atoms with Crippen molar-refractivity contribution in [1.29, 1.82) is 0 Å². The summed E-state index contributed by atoms with van der Waals surface area (Å²) in [4.78, 5) is 0. The Bertz CT molecular complexity index is 413. The number of benzene rings is 1. The van der Waals surface area contributed by atoms with Crippen LogP contribution in [0.2, 0.25) is 0 Å². The SMILES string of the molecule is COc1ccc(C(Cl)C2(C)CCCCC2)c(F)c1. The van der Waals surface area contributed by atoms with E-state index in [1.54, 1.807) is 12.1 Å². The zero-order valence-electron chi connectivity index (χ0n) is 11.0. The van der Waals surface area contributed by atoms with E-state index in [1.165, 1.54) is 32.4 Å². The minimum absolute atomic E-state index is 0.00916. The first kappa shape index (κ1) is 13.7. The number of alkyl halides is 1. The molecule has 1 nitrogen and oxygen atoms in total. The monoisotopic (exact) mass is 270 g/mol. The molecule has 0 aliphatic heterocycles. The van der Waals surface area contributed by atoms with Gasteiger partial charge in [-0.25, -0.2) is 4.39 Å². The second-order valence-electron chi connectivity index (χ2n) is 5.46. The van der Waals surface area contributed by atoms with Gasteiger partial charge in [0.25, 0.3) is 0 Å². The van der Waals surface area contributed by atoms with Crippen LogP contribution in [-0.4, -0.2) is 7.11 Å². The molecule has 0 spiro atoms. The van der Waals surface area contributed by atoms with Crippen molar-refractivity contribution >= 4 is 11.6 Å². The molecule has 1 fully saturated rings. The lowest BCUT2D eigenvalue weighted by molar-refractivity contribution is 0.204. The van der Waals surface area contributed by atoms with Crippen LogP contribution < -0.4 is 4.74 Å². The third-order valence-corrected chi connectivity index (χ3v) is 4.85. The highest BCUT2D eigenvalue weighted by atomic mass is 35.5. The minimum atomic E-state index is -0.263. The molecule has 1 aromatic carbocycles. The lowest BCUT2D eigenvalue weighted by Gasteiger charge is -2.38. The van der Waals surface area contributed by atoms with Gasteiger partial charge in [0.1, 0.15) is 11.6 Å². The lowest BCUT2D eigenvalue weighted by atomic mass is 9.71. The molecule has 0 saturated heterocycles. The molecule has 1 aromatic rings. The van der Waals surface area contributed by atoms with Crippen LogP contribution in [0.25, 0.3) is 0 Å². The first-order valence-electron chi connectivity index (χ1n) is 6.54. The summed E-state index contributed by atoms with van der Waals surface area (Å²) >= 11 is 6.55. The van der Waals surface area contributed by atoms with E-state index in [1.807, 2.05) is 0 Å². The van der Waals surface area contributed by atoms with Crippen molar-refractivity contribution in [3.63, 3.8) is 0 Å². The van der Waals surface area contributed by atoms with Gasteiger partial charge in [0.15, 0.2) is 0 Å². The number of hydrogen-bond acceptors (Lipinski definition) is 1. The van der Waals surface area contributed by atoms with E-state index < -0.39 is 0 Å². The van der Waals surface area contributed by atoms with Gasteiger partial charge in [-0.3, -0.25) is 0 Å². The van der Waals surface area contributed by atoms with Crippen LogP contribution in [0.3, 0.4) is 0 Å². The maximum Gasteiger partial charge on any atom is 0.131 e. The summed E-state index contributed by atoms with van der Waals surface area (Å²) < 4.78 is 19.1. The number of halogens is 2. The molecule has 0 aromatic heterocycles. The van der Waals surface area contributed by atoms with Crippen LogP contribution in [-0.2, 0) is 0 Å². The fourth-order valence-corrected chi connectivity index (χ4v) is 3.22. The highest BCUT2D eigenvalue weighted by Crippen LogP contribution is 2.49. The van der Waals surface area contributed by atoms with Crippen molar-refractivity contribution in [3.05, 3.63) is 29.6 Å². The molecule has 100 valence electrons. The van der Waals surface area contributed by atoms with Crippen LogP contribution in [0.5, 0.6) is 5.75 Å². The molecule has 0 N–H and O–H groups in total. The van der Waals surface area contributed by atoms with Gasteiger partial charge >= 0.3 is 0 Å². The van der Waals surface area contributed by atoms with E-state index in [2.05, 4.69) is 6.92 Å². The van der Waals surface area contributed by atoms with Crippen LogP contribution in [0, 0.1) is 11.2 Å².